The van der Waals surface area contributed by atoms with Gasteiger partial charge in [0, 0.05) is 24.7 Å². The van der Waals surface area contributed by atoms with Crippen LogP contribution in [0.4, 0.5) is 10.5 Å². The minimum absolute atomic E-state index is 0.0391. The van der Waals surface area contributed by atoms with Gasteiger partial charge in [0.15, 0.2) is 11.5 Å². The molecule has 26 heavy (non-hydrogen) atoms. The van der Waals surface area contributed by atoms with Crippen LogP contribution >= 0.6 is 0 Å². The summed E-state index contributed by atoms with van der Waals surface area (Å²) in [5.41, 5.74) is 1.64. The molecule has 0 saturated carbocycles. The SMILES string of the molecule is COc1cc(NC(=O)N(Cc2ccccc2)C(C)C)cc(OC)c1OC. The monoisotopic (exact) mass is 358 g/mol. The number of amides is 2. The molecule has 2 aromatic rings. The zero-order chi connectivity index (χ0) is 19.1. The van der Waals surface area contributed by atoms with Gasteiger partial charge in [-0.2, -0.15) is 0 Å². The molecule has 0 atom stereocenters. The second-order valence-corrected chi connectivity index (χ2v) is 6.05. The van der Waals surface area contributed by atoms with Crippen LogP contribution in [0.3, 0.4) is 0 Å². The van der Waals surface area contributed by atoms with E-state index in [-0.39, 0.29) is 12.1 Å². The Morgan fingerprint density at radius 1 is 1.00 bits per heavy atom. The number of hydrogen-bond acceptors (Lipinski definition) is 4. The molecule has 0 bridgehead atoms. The number of nitrogens with one attached hydrogen (secondary N) is 1. The molecule has 0 aliphatic heterocycles. The van der Waals surface area contributed by atoms with Gasteiger partial charge in [0.25, 0.3) is 0 Å². The lowest BCUT2D eigenvalue weighted by molar-refractivity contribution is 0.193. The Morgan fingerprint density at radius 2 is 1.58 bits per heavy atom. The van der Waals surface area contributed by atoms with E-state index in [2.05, 4.69) is 5.32 Å². The average molecular weight is 358 g/mol. The molecule has 2 aromatic carbocycles. The Morgan fingerprint density at radius 3 is 2.04 bits per heavy atom. The van der Waals surface area contributed by atoms with E-state index in [1.54, 1.807) is 38.4 Å². The van der Waals surface area contributed by atoms with Gasteiger partial charge in [-0.05, 0) is 19.4 Å². The van der Waals surface area contributed by atoms with Crippen LogP contribution in [0.15, 0.2) is 42.5 Å². The summed E-state index contributed by atoms with van der Waals surface area (Å²) in [6, 6.07) is 13.1. The number of anilines is 1. The highest BCUT2D eigenvalue weighted by atomic mass is 16.5. The van der Waals surface area contributed by atoms with Crippen molar-refractivity contribution in [3.8, 4) is 17.2 Å². The smallest absolute Gasteiger partial charge is 0.322 e. The Labute approximate surface area is 154 Å². The topological polar surface area (TPSA) is 60.0 Å². The summed E-state index contributed by atoms with van der Waals surface area (Å²) < 4.78 is 16.0. The number of benzene rings is 2. The fraction of sp³-hybridized carbons (Fsp3) is 0.350. The van der Waals surface area contributed by atoms with Crippen molar-refractivity contribution in [2.45, 2.75) is 26.4 Å². The maximum atomic E-state index is 12.8. The molecule has 0 heterocycles. The summed E-state index contributed by atoms with van der Waals surface area (Å²) in [6.45, 7) is 4.49. The lowest BCUT2D eigenvalue weighted by Crippen LogP contribution is -2.39. The highest BCUT2D eigenvalue weighted by molar-refractivity contribution is 5.90. The Bertz CT molecular complexity index is 707. The number of urea groups is 1. The van der Waals surface area contributed by atoms with Gasteiger partial charge >= 0.3 is 6.03 Å². The largest absolute Gasteiger partial charge is 0.493 e. The fourth-order valence-electron chi connectivity index (χ4n) is 2.62. The van der Waals surface area contributed by atoms with Crippen molar-refractivity contribution < 1.29 is 19.0 Å². The van der Waals surface area contributed by atoms with E-state index in [4.69, 9.17) is 14.2 Å². The molecule has 0 spiro atoms. The third kappa shape index (κ3) is 4.59. The Balaban J connectivity index is 2.23. The lowest BCUT2D eigenvalue weighted by Gasteiger charge is -2.27. The molecule has 2 amide bonds. The predicted octanol–water partition coefficient (Wildman–Crippen LogP) is 4.15. The molecule has 6 nitrogen and oxygen atoms in total. The molecule has 140 valence electrons. The van der Waals surface area contributed by atoms with Crippen LogP contribution in [-0.2, 0) is 6.54 Å². The van der Waals surface area contributed by atoms with E-state index < -0.39 is 0 Å². The van der Waals surface area contributed by atoms with Crippen molar-refractivity contribution >= 4 is 11.7 Å². The quantitative estimate of drug-likeness (QED) is 0.807. The molecule has 0 aliphatic rings. The van der Waals surface area contributed by atoms with E-state index in [0.717, 1.165) is 5.56 Å². The van der Waals surface area contributed by atoms with Crippen molar-refractivity contribution in [3.63, 3.8) is 0 Å². The first kappa shape index (κ1) is 19.4. The van der Waals surface area contributed by atoms with Crippen LogP contribution < -0.4 is 19.5 Å². The number of hydrogen-bond donors (Lipinski definition) is 1. The highest BCUT2D eigenvalue weighted by Gasteiger charge is 2.20. The average Bonchev–Trinajstić information content (AvgIpc) is 2.65. The number of nitrogens with zero attached hydrogens (tertiary/aromatic N) is 1. The van der Waals surface area contributed by atoms with E-state index in [1.165, 1.54) is 0 Å². The number of carbonyl (C=O) groups is 1. The number of ether oxygens (including phenoxy) is 3. The van der Waals surface area contributed by atoms with Crippen molar-refractivity contribution in [1.29, 1.82) is 0 Å². The summed E-state index contributed by atoms with van der Waals surface area (Å²) in [6.07, 6.45) is 0. The summed E-state index contributed by atoms with van der Waals surface area (Å²) >= 11 is 0. The third-order valence-corrected chi connectivity index (χ3v) is 4.00. The predicted molar refractivity (Wildman–Crippen MR) is 102 cm³/mol. The van der Waals surface area contributed by atoms with Gasteiger partial charge in [0.05, 0.1) is 27.0 Å². The zero-order valence-electron chi connectivity index (χ0n) is 15.9. The second kappa shape index (κ2) is 8.99. The molecule has 0 saturated heterocycles. The number of methoxy groups -OCH3 is 3. The molecule has 0 radical (unpaired) electrons. The minimum atomic E-state index is -0.196. The standard InChI is InChI=1S/C20H26N2O4/c1-14(2)22(13-15-9-7-6-8-10-15)20(23)21-16-11-17(24-3)19(26-5)18(12-16)25-4/h6-12,14H,13H2,1-5H3,(H,21,23). The molecule has 0 fully saturated rings. The molecular formula is C20H26N2O4. The van der Waals surface area contributed by atoms with Gasteiger partial charge in [-0.15, -0.1) is 0 Å². The molecular weight excluding hydrogens is 332 g/mol. The van der Waals surface area contributed by atoms with Crippen molar-refractivity contribution in [3.05, 3.63) is 48.0 Å². The van der Waals surface area contributed by atoms with Gasteiger partial charge in [-0.1, -0.05) is 30.3 Å². The van der Waals surface area contributed by atoms with Gasteiger partial charge in [0.2, 0.25) is 5.75 Å². The van der Waals surface area contributed by atoms with Crippen LogP contribution in [0.1, 0.15) is 19.4 Å². The van der Waals surface area contributed by atoms with Gasteiger partial charge in [-0.3, -0.25) is 0 Å². The van der Waals surface area contributed by atoms with Gasteiger partial charge in [-0.25, -0.2) is 4.79 Å². The van der Waals surface area contributed by atoms with Crippen molar-refractivity contribution in [2.75, 3.05) is 26.6 Å². The second-order valence-electron chi connectivity index (χ2n) is 6.05. The Hall–Kier alpha value is -2.89. The molecule has 6 heteroatoms. The first-order valence-electron chi connectivity index (χ1n) is 8.41. The normalized spacial score (nSPS) is 10.4. The first-order chi connectivity index (χ1) is 12.5. The van der Waals surface area contributed by atoms with Crippen molar-refractivity contribution in [1.82, 2.24) is 4.90 Å². The van der Waals surface area contributed by atoms with Gasteiger partial charge in [0.1, 0.15) is 0 Å². The van der Waals surface area contributed by atoms with E-state index in [1.807, 2.05) is 44.2 Å². The van der Waals surface area contributed by atoms with Crippen LogP contribution in [0, 0.1) is 0 Å². The van der Waals surface area contributed by atoms with E-state index in [9.17, 15) is 4.79 Å². The molecule has 0 aromatic heterocycles. The van der Waals surface area contributed by atoms with Crippen LogP contribution in [0.25, 0.3) is 0 Å². The summed E-state index contributed by atoms with van der Waals surface area (Å²) in [7, 11) is 4.62. The maximum Gasteiger partial charge on any atom is 0.322 e. The molecule has 2 rings (SSSR count). The van der Waals surface area contributed by atoms with Gasteiger partial charge < -0.3 is 24.4 Å². The number of carbonyl (C=O) groups excluding carboxylic acids is 1. The number of rotatable bonds is 7. The molecule has 0 unspecified atom stereocenters. The minimum Gasteiger partial charge on any atom is -0.493 e. The van der Waals surface area contributed by atoms with E-state index >= 15 is 0 Å². The van der Waals surface area contributed by atoms with E-state index in [0.29, 0.717) is 29.5 Å². The third-order valence-electron chi connectivity index (χ3n) is 4.00. The van der Waals surface area contributed by atoms with Crippen LogP contribution in [0.5, 0.6) is 17.2 Å². The van der Waals surface area contributed by atoms with Crippen LogP contribution in [-0.4, -0.2) is 38.3 Å². The summed E-state index contributed by atoms with van der Waals surface area (Å²) in [5, 5.41) is 2.92. The lowest BCUT2D eigenvalue weighted by atomic mass is 10.2. The fourth-order valence-corrected chi connectivity index (χ4v) is 2.62. The highest BCUT2D eigenvalue weighted by Crippen LogP contribution is 2.40. The molecule has 0 aliphatic carbocycles. The summed E-state index contributed by atoms with van der Waals surface area (Å²) in [5.74, 6) is 1.46. The van der Waals surface area contributed by atoms with Crippen molar-refractivity contribution in [2.24, 2.45) is 0 Å². The van der Waals surface area contributed by atoms with Crippen LogP contribution in [0.2, 0.25) is 0 Å². The Kier molecular flexibility index (Phi) is 6.72. The molecule has 1 N–H and O–H groups in total. The maximum absolute atomic E-state index is 12.8. The first-order valence-corrected chi connectivity index (χ1v) is 8.41. The summed E-state index contributed by atoms with van der Waals surface area (Å²) in [4.78, 5) is 14.6. The zero-order valence-corrected chi connectivity index (χ0v) is 15.9.